The standard InChI is InChI=1S/C34H27BrF3N7O3/c1-19-14-25-28(18-43(19)31(46)22-10-13-27(35)26(16-22)34(36,37)38)45-30(23(17-39-45)15-20-6-4-3-5-7-20)44(32(25)47)24-11-8-21(9-12-24)29-40-33(48)42(2)41-29/h3-13,16-17,19H,14-15,18H2,1-2H3,(H,40,41,48). The first kappa shape index (κ1) is 31.4. The molecule has 1 N–H and O–H groups in total. The number of H-pyrrole nitrogens is 1. The van der Waals surface area contributed by atoms with Crippen LogP contribution in [0.4, 0.5) is 13.2 Å². The van der Waals surface area contributed by atoms with E-state index in [1.54, 1.807) is 53.5 Å². The molecule has 14 heteroatoms. The summed E-state index contributed by atoms with van der Waals surface area (Å²) >= 11 is 2.94. The molecule has 4 heterocycles. The Morgan fingerprint density at radius 3 is 2.44 bits per heavy atom. The predicted molar refractivity (Wildman–Crippen MR) is 175 cm³/mol. The van der Waals surface area contributed by atoms with Gasteiger partial charge in [0.1, 0.15) is 5.65 Å². The van der Waals surface area contributed by atoms with Gasteiger partial charge >= 0.3 is 11.9 Å². The second-order valence-corrected chi connectivity index (χ2v) is 12.6. The second kappa shape index (κ2) is 11.8. The van der Waals surface area contributed by atoms with Gasteiger partial charge in [0.25, 0.3) is 11.5 Å². The molecule has 1 atom stereocenters. The van der Waals surface area contributed by atoms with Crippen LogP contribution in [0.5, 0.6) is 0 Å². The molecule has 48 heavy (non-hydrogen) atoms. The molecule has 7 rings (SSSR count). The van der Waals surface area contributed by atoms with Crippen molar-refractivity contribution in [2.24, 2.45) is 7.05 Å². The Kier molecular flexibility index (Phi) is 7.69. The van der Waals surface area contributed by atoms with Crippen molar-refractivity contribution in [1.82, 2.24) is 33.8 Å². The number of nitrogens with one attached hydrogen (secondary N) is 1. The number of amides is 1. The molecule has 0 saturated heterocycles. The monoisotopic (exact) mass is 717 g/mol. The largest absolute Gasteiger partial charge is 0.417 e. The number of carbonyl (C=O) groups is 1. The molecule has 1 aliphatic heterocycles. The molecule has 0 spiro atoms. The Balaban J connectivity index is 1.35. The van der Waals surface area contributed by atoms with Gasteiger partial charge in [-0.1, -0.05) is 46.3 Å². The van der Waals surface area contributed by atoms with Gasteiger partial charge in [-0.05, 0) is 61.4 Å². The number of benzene rings is 3. The van der Waals surface area contributed by atoms with Gasteiger partial charge in [0.15, 0.2) is 5.82 Å². The van der Waals surface area contributed by atoms with E-state index in [1.165, 1.54) is 21.7 Å². The summed E-state index contributed by atoms with van der Waals surface area (Å²) in [6, 6.07) is 19.7. The zero-order valence-electron chi connectivity index (χ0n) is 25.6. The van der Waals surface area contributed by atoms with E-state index in [1.807, 2.05) is 30.3 Å². The molecular formula is C34H27BrF3N7O3. The highest BCUT2D eigenvalue weighted by Gasteiger charge is 2.36. The predicted octanol–water partition coefficient (Wildman–Crippen LogP) is 5.53. The van der Waals surface area contributed by atoms with Crippen molar-refractivity contribution in [3.8, 4) is 17.1 Å². The van der Waals surface area contributed by atoms with Crippen LogP contribution in [0.25, 0.3) is 22.7 Å². The van der Waals surface area contributed by atoms with Crippen LogP contribution in [0.2, 0.25) is 0 Å². The summed E-state index contributed by atoms with van der Waals surface area (Å²) in [4.78, 5) is 44.3. The number of rotatable bonds is 5. The van der Waals surface area contributed by atoms with Crippen LogP contribution in [0.3, 0.4) is 0 Å². The number of carbonyl (C=O) groups excluding carboxylic acids is 1. The summed E-state index contributed by atoms with van der Waals surface area (Å²) in [6.45, 7) is 1.74. The Morgan fingerprint density at radius 2 is 1.77 bits per heavy atom. The van der Waals surface area contributed by atoms with Gasteiger partial charge in [-0.25, -0.2) is 14.0 Å². The Bertz CT molecular complexity index is 2320. The lowest BCUT2D eigenvalue weighted by atomic mass is 9.97. The highest BCUT2D eigenvalue weighted by atomic mass is 79.9. The number of hydrogen-bond acceptors (Lipinski definition) is 5. The summed E-state index contributed by atoms with van der Waals surface area (Å²) < 4.78 is 45.3. The Labute approximate surface area is 279 Å². The van der Waals surface area contributed by atoms with Crippen molar-refractivity contribution >= 4 is 27.5 Å². The van der Waals surface area contributed by atoms with Gasteiger partial charge in [-0.3, -0.25) is 19.1 Å². The molecule has 3 aromatic heterocycles. The van der Waals surface area contributed by atoms with E-state index in [4.69, 9.17) is 5.10 Å². The molecule has 1 unspecified atom stereocenters. The average molecular weight is 719 g/mol. The molecule has 244 valence electrons. The van der Waals surface area contributed by atoms with Crippen molar-refractivity contribution in [3.63, 3.8) is 0 Å². The summed E-state index contributed by atoms with van der Waals surface area (Å²) in [7, 11) is 1.54. The van der Waals surface area contributed by atoms with Crippen molar-refractivity contribution in [3.05, 3.63) is 138 Å². The SMILES string of the molecule is CC1Cc2c(n3ncc(Cc4ccccc4)c3n(-c3ccc(-c4nn(C)c(=O)[nH]4)cc3)c2=O)CN1C(=O)c1ccc(Br)c(C(F)(F)F)c1. The van der Waals surface area contributed by atoms with E-state index in [0.29, 0.717) is 40.4 Å². The number of aryl methyl sites for hydroxylation is 1. The van der Waals surface area contributed by atoms with Crippen molar-refractivity contribution < 1.29 is 18.0 Å². The van der Waals surface area contributed by atoms with Crippen LogP contribution >= 0.6 is 15.9 Å². The number of aromatic nitrogens is 6. The molecule has 1 amide bonds. The van der Waals surface area contributed by atoms with Gasteiger partial charge in [0, 0.05) is 46.2 Å². The number of alkyl halides is 3. The zero-order chi connectivity index (χ0) is 33.9. The van der Waals surface area contributed by atoms with Gasteiger partial charge in [0.2, 0.25) is 0 Å². The van der Waals surface area contributed by atoms with Crippen LogP contribution in [0, 0.1) is 0 Å². The third kappa shape index (κ3) is 5.45. The van der Waals surface area contributed by atoms with Crippen molar-refractivity contribution in [2.75, 3.05) is 0 Å². The highest BCUT2D eigenvalue weighted by molar-refractivity contribution is 9.10. The van der Waals surface area contributed by atoms with Crippen LogP contribution < -0.4 is 11.2 Å². The lowest BCUT2D eigenvalue weighted by Gasteiger charge is -2.35. The molecule has 0 aliphatic carbocycles. The third-order valence-corrected chi connectivity index (χ3v) is 9.32. The number of nitrogens with zero attached hydrogens (tertiary/aromatic N) is 6. The van der Waals surface area contributed by atoms with E-state index >= 15 is 0 Å². The summed E-state index contributed by atoms with van der Waals surface area (Å²) in [5.74, 6) is -0.193. The van der Waals surface area contributed by atoms with E-state index in [0.717, 1.165) is 17.2 Å². The molecule has 6 aromatic rings. The molecule has 0 saturated carbocycles. The van der Waals surface area contributed by atoms with Gasteiger partial charge in [-0.2, -0.15) is 23.4 Å². The first-order chi connectivity index (χ1) is 22.9. The van der Waals surface area contributed by atoms with E-state index in [-0.39, 0.29) is 34.3 Å². The highest BCUT2D eigenvalue weighted by Crippen LogP contribution is 2.36. The fraction of sp³-hybridized carbons (Fsp3) is 0.206. The molecule has 0 fully saturated rings. The van der Waals surface area contributed by atoms with E-state index < -0.39 is 23.7 Å². The minimum atomic E-state index is -4.65. The molecule has 10 nitrogen and oxygen atoms in total. The smallest absolute Gasteiger partial charge is 0.330 e. The van der Waals surface area contributed by atoms with Crippen molar-refractivity contribution in [2.45, 2.75) is 38.5 Å². The van der Waals surface area contributed by atoms with Crippen LogP contribution in [0.15, 0.2) is 93.1 Å². The fourth-order valence-corrected chi connectivity index (χ4v) is 6.65. The number of aromatic amines is 1. The maximum absolute atomic E-state index is 14.4. The number of fused-ring (bicyclic) bond motifs is 3. The minimum Gasteiger partial charge on any atom is -0.330 e. The molecule has 0 radical (unpaired) electrons. The topological polar surface area (TPSA) is 110 Å². The second-order valence-electron chi connectivity index (χ2n) is 11.8. The fourth-order valence-electron chi connectivity index (χ4n) is 6.18. The normalized spacial score (nSPS) is 14.8. The first-order valence-electron chi connectivity index (χ1n) is 15.0. The molecule has 1 aliphatic rings. The maximum atomic E-state index is 14.4. The van der Waals surface area contributed by atoms with Gasteiger partial charge in [0.05, 0.1) is 29.7 Å². The van der Waals surface area contributed by atoms with Gasteiger partial charge < -0.3 is 4.90 Å². The average Bonchev–Trinajstić information content (AvgIpc) is 3.63. The molecule has 3 aromatic carbocycles. The number of halogens is 4. The first-order valence-corrected chi connectivity index (χ1v) is 15.8. The zero-order valence-corrected chi connectivity index (χ0v) is 27.2. The Morgan fingerprint density at radius 1 is 1.04 bits per heavy atom. The van der Waals surface area contributed by atoms with E-state index in [9.17, 15) is 27.6 Å². The molecular weight excluding hydrogens is 691 g/mol. The minimum absolute atomic E-state index is 0.0300. The van der Waals surface area contributed by atoms with Crippen LogP contribution in [-0.2, 0) is 32.6 Å². The summed E-state index contributed by atoms with van der Waals surface area (Å²) in [5.41, 5.74) is 2.75. The van der Waals surface area contributed by atoms with Crippen molar-refractivity contribution in [1.29, 1.82) is 0 Å². The summed E-state index contributed by atoms with van der Waals surface area (Å²) in [5, 5.41) is 8.90. The lowest BCUT2D eigenvalue weighted by Crippen LogP contribution is -2.46. The lowest BCUT2D eigenvalue weighted by molar-refractivity contribution is -0.138. The maximum Gasteiger partial charge on any atom is 0.417 e. The van der Waals surface area contributed by atoms with Crippen LogP contribution in [-0.4, -0.2) is 45.8 Å². The summed E-state index contributed by atoms with van der Waals surface area (Å²) in [6.07, 6.45) is -2.32. The quantitative estimate of drug-likeness (QED) is 0.252. The van der Waals surface area contributed by atoms with Crippen LogP contribution in [0.1, 0.15) is 45.2 Å². The van der Waals surface area contributed by atoms with Gasteiger partial charge in [-0.15, -0.1) is 0 Å². The number of hydrogen-bond donors (Lipinski definition) is 1. The third-order valence-electron chi connectivity index (χ3n) is 8.63. The Hall–Kier alpha value is -5.24. The van der Waals surface area contributed by atoms with E-state index in [2.05, 4.69) is 26.0 Å². The molecule has 0 bridgehead atoms.